The molecule has 258 valence electrons. The standard InChI is InChI=1S/C14H16N2O2.C12H16Cl2.C12H14.CH2ClNO/c1-13(2,16-10-17)11-6-5-7-12(8-11)14(3,4)18-9-15;1-11(2,13)9-6-5-7-10(8-9)12(3,4)14;1-9(2)11-6-5-7-12(8-11)10(3)4;2-1(3)4/h5-8H,1-4H3;5-8H,1-4H3;5-8H,1,3H2,2,4H3;(H2,3,4). The number of alkyl halides is 2. The van der Waals surface area contributed by atoms with E-state index in [9.17, 15) is 4.79 Å². The van der Waals surface area contributed by atoms with Crippen LogP contribution < -0.4 is 5.73 Å². The largest absolute Gasteiger partial charge is 0.417 e. The second kappa shape index (κ2) is 19.2. The molecule has 9 heteroatoms. The molecule has 2 N–H and O–H groups in total. The summed E-state index contributed by atoms with van der Waals surface area (Å²) in [7, 11) is 0. The monoisotopic (exact) mass is 711 g/mol. The molecule has 48 heavy (non-hydrogen) atoms. The molecule has 0 bridgehead atoms. The molecule has 3 aromatic carbocycles. The fourth-order valence-corrected chi connectivity index (χ4v) is 4.17. The normalized spacial score (nSPS) is 10.9. The van der Waals surface area contributed by atoms with E-state index in [-0.39, 0.29) is 9.75 Å². The van der Waals surface area contributed by atoms with E-state index in [1.807, 2.05) is 118 Å². The molecule has 1 amide bonds. The van der Waals surface area contributed by atoms with Crippen molar-refractivity contribution in [2.75, 3.05) is 0 Å². The Balaban J connectivity index is 0.000000664. The van der Waals surface area contributed by atoms with Gasteiger partial charge in [0.05, 0.1) is 15.3 Å². The van der Waals surface area contributed by atoms with Crippen molar-refractivity contribution >= 4 is 57.4 Å². The van der Waals surface area contributed by atoms with Crippen LogP contribution in [0, 0.1) is 11.5 Å². The number of hydrogen-bond acceptors (Lipinski definition) is 5. The number of halogens is 3. The lowest BCUT2D eigenvalue weighted by Crippen LogP contribution is -2.21. The minimum absolute atomic E-state index is 0.335. The predicted octanol–water partition coefficient (Wildman–Crippen LogP) is 11.7. The number of carbonyl (C=O) groups excluding carboxylic acids is 2. The maximum atomic E-state index is 10.4. The maximum absolute atomic E-state index is 10.4. The van der Waals surface area contributed by atoms with Crippen LogP contribution in [0.5, 0.6) is 0 Å². The van der Waals surface area contributed by atoms with Crippen LogP contribution in [-0.4, -0.2) is 11.4 Å². The van der Waals surface area contributed by atoms with E-state index in [4.69, 9.17) is 38.0 Å². The summed E-state index contributed by atoms with van der Waals surface area (Å²) in [5, 5.41) is 7.77. The zero-order valence-corrected chi connectivity index (χ0v) is 31.9. The highest BCUT2D eigenvalue weighted by atomic mass is 35.5. The number of rotatable bonds is 8. The van der Waals surface area contributed by atoms with Crippen molar-refractivity contribution in [1.29, 1.82) is 5.26 Å². The number of aliphatic imine (C=N–C) groups is 1. The summed E-state index contributed by atoms with van der Waals surface area (Å²) in [4.78, 5) is 22.5. The Morgan fingerprint density at radius 1 is 0.750 bits per heavy atom. The Morgan fingerprint density at radius 2 is 1.10 bits per heavy atom. The quantitative estimate of drug-likeness (QED) is 0.0626. The van der Waals surface area contributed by atoms with Gasteiger partial charge in [0.1, 0.15) is 5.60 Å². The van der Waals surface area contributed by atoms with Gasteiger partial charge in [0.25, 0.3) is 6.26 Å². The molecular weight excluding hydrogens is 665 g/mol. The number of nitrogens with two attached hydrogens (primary N) is 1. The van der Waals surface area contributed by atoms with E-state index in [2.05, 4.69) is 59.8 Å². The van der Waals surface area contributed by atoms with Crippen LogP contribution in [0.4, 0.5) is 4.79 Å². The smallest absolute Gasteiger partial charge is 0.311 e. The van der Waals surface area contributed by atoms with Crippen LogP contribution in [0.2, 0.25) is 0 Å². The van der Waals surface area contributed by atoms with Gasteiger partial charge in [0.15, 0.2) is 0 Å². The van der Waals surface area contributed by atoms with E-state index in [0.29, 0.717) is 0 Å². The molecule has 0 atom stereocenters. The Morgan fingerprint density at radius 3 is 1.46 bits per heavy atom. The van der Waals surface area contributed by atoms with Crippen LogP contribution in [-0.2, 0) is 30.4 Å². The molecule has 0 aliphatic heterocycles. The minimum atomic E-state index is -0.861. The maximum Gasteiger partial charge on any atom is 0.311 e. The van der Waals surface area contributed by atoms with Crippen molar-refractivity contribution in [1.82, 2.24) is 0 Å². The number of isocyanates is 1. The number of ether oxygens (including phenoxy) is 1. The first-order valence-corrected chi connectivity index (χ1v) is 16.1. The van der Waals surface area contributed by atoms with Gasteiger partial charge in [-0.1, -0.05) is 85.0 Å². The zero-order chi connectivity index (χ0) is 37.5. The molecule has 0 aliphatic rings. The lowest BCUT2D eigenvalue weighted by atomic mass is 9.89. The molecule has 0 heterocycles. The summed E-state index contributed by atoms with van der Waals surface area (Å²) in [5.74, 6) is 0. The third-order valence-corrected chi connectivity index (χ3v) is 7.41. The van der Waals surface area contributed by atoms with E-state index >= 15 is 0 Å². The highest BCUT2D eigenvalue weighted by Gasteiger charge is 2.26. The summed E-state index contributed by atoms with van der Waals surface area (Å²) >= 11 is 16.9. The van der Waals surface area contributed by atoms with Crippen molar-refractivity contribution in [3.05, 3.63) is 119 Å². The highest BCUT2D eigenvalue weighted by Crippen LogP contribution is 2.33. The van der Waals surface area contributed by atoms with Gasteiger partial charge >= 0.3 is 5.37 Å². The zero-order valence-electron chi connectivity index (χ0n) is 29.7. The number of allylic oxidation sites excluding steroid dienone is 2. The van der Waals surface area contributed by atoms with Crippen molar-refractivity contribution in [3.8, 4) is 6.26 Å². The van der Waals surface area contributed by atoms with Crippen LogP contribution >= 0.6 is 34.8 Å². The number of nitrogens with zero attached hydrogens (tertiary/aromatic N) is 2. The van der Waals surface area contributed by atoms with Gasteiger partial charge in [-0.15, -0.1) is 23.2 Å². The Bertz CT molecular complexity index is 1570. The number of carbonyl (C=O) groups is 1. The molecule has 0 aromatic heterocycles. The van der Waals surface area contributed by atoms with Crippen LogP contribution in [0.1, 0.15) is 103 Å². The third-order valence-electron chi connectivity index (χ3n) is 6.97. The number of primary amides is 1. The first-order valence-electron chi connectivity index (χ1n) is 15.0. The van der Waals surface area contributed by atoms with Crippen molar-refractivity contribution in [2.45, 2.75) is 90.1 Å². The van der Waals surface area contributed by atoms with Crippen LogP contribution in [0.3, 0.4) is 0 Å². The molecule has 0 saturated heterocycles. The van der Waals surface area contributed by atoms with E-state index in [1.165, 1.54) is 11.1 Å². The molecule has 3 rings (SSSR count). The van der Waals surface area contributed by atoms with E-state index in [1.54, 1.807) is 12.3 Å². The number of hydrogen-bond donors (Lipinski definition) is 1. The molecular formula is C39H48Cl3N3O3. The summed E-state index contributed by atoms with van der Waals surface area (Å²) in [6.45, 7) is 27.0. The molecule has 0 unspecified atom stereocenters. The third kappa shape index (κ3) is 16.3. The molecule has 3 aromatic rings. The average molecular weight is 713 g/mol. The lowest BCUT2D eigenvalue weighted by Gasteiger charge is -2.25. The van der Waals surface area contributed by atoms with Crippen molar-refractivity contribution in [2.24, 2.45) is 10.7 Å². The Hall–Kier alpha value is -3.85. The van der Waals surface area contributed by atoms with Gasteiger partial charge in [-0.25, -0.2) is 4.79 Å². The molecule has 6 nitrogen and oxygen atoms in total. The molecule has 0 fully saturated rings. The van der Waals surface area contributed by atoms with Crippen molar-refractivity contribution < 1.29 is 14.3 Å². The van der Waals surface area contributed by atoms with Gasteiger partial charge in [-0.3, -0.25) is 4.79 Å². The van der Waals surface area contributed by atoms with E-state index < -0.39 is 16.5 Å². The molecule has 0 spiro atoms. The summed E-state index contributed by atoms with van der Waals surface area (Å²) in [6.07, 6.45) is 3.29. The van der Waals surface area contributed by atoms with Gasteiger partial charge in [-0.05, 0) is 126 Å². The Labute approximate surface area is 302 Å². The van der Waals surface area contributed by atoms with Gasteiger partial charge in [-0.2, -0.15) is 10.3 Å². The molecule has 0 aliphatic carbocycles. The summed E-state index contributed by atoms with van der Waals surface area (Å²) in [6, 6.07) is 23.9. The van der Waals surface area contributed by atoms with Crippen molar-refractivity contribution in [3.63, 3.8) is 0 Å². The first kappa shape index (κ1) is 44.1. The highest BCUT2D eigenvalue weighted by molar-refractivity contribution is 6.62. The van der Waals surface area contributed by atoms with Crippen LogP contribution in [0.25, 0.3) is 11.1 Å². The summed E-state index contributed by atoms with van der Waals surface area (Å²) < 4.78 is 5.04. The second-order valence-corrected chi connectivity index (χ2v) is 15.3. The van der Waals surface area contributed by atoms with Gasteiger partial charge in [0, 0.05) is 0 Å². The molecule has 0 radical (unpaired) electrons. The lowest BCUT2D eigenvalue weighted by molar-refractivity contribution is 0.0701. The molecule has 0 saturated carbocycles. The van der Waals surface area contributed by atoms with Crippen LogP contribution in [0.15, 0.2) is 90.9 Å². The number of nitriles is 1. The SMILES string of the molecule is C=C(C)c1cccc(C(=C)C)c1.CC(C)(Cl)c1cccc(C(C)(C)Cl)c1.CC(C)(N=C=O)c1cccc(C(C)(C)OC#N)c1.NC(=O)Cl. The first-order chi connectivity index (χ1) is 21.9. The fourth-order valence-electron chi connectivity index (χ4n) is 3.93. The Kier molecular flexibility index (Phi) is 17.7. The number of benzene rings is 3. The summed E-state index contributed by atoms with van der Waals surface area (Å²) in [5.41, 5.74) is 11.4. The fraction of sp³-hybridized carbons (Fsp3) is 0.359. The number of amides is 1. The average Bonchev–Trinajstić information content (AvgIpc) is 2.97. The van der Waals surface area contributed by atoms with Gasteiger partial charge < -0.3 is 10.5 Å². The predicted molar refractivity (Wildman–Crippen MR) is 203 cm³/mol. The topological polar surface area (TPSA) is 106 Å². The second-order valence-electron chi connectivity index (χ2n) is 13.0. The minimum Gasteiger partial charge on any atom is -0.417 e. The van der Waals surface area contributed by atoms with E-state index in [0.717, 1.165) is 33.4 Å². The van der Waals surface area contributed by atoms with Gasteiger partial charge in [0.2, 0.25) is 6.08 Å².